The summed E-state index contributed by atoms with van der Waals surface area (Å²) in [4.78, 5) is 46.7. The second-order valence-electron chi connectivity index (χ2n) is 6.25. The van der Waals surface area contributed by atoms with Crippen molar-refractivity contribution in [2.24, 2.45) is 0 Å². The largest absolute Gasteiger partial charge is 0.475 e. The predicted molar refractivity (Wildman–Crippen MR) is 97.7 cm³/mol. The summed E-state index contributed by atoms with van der Waals surface area (Å²) in [6.07, 6.45) is 3.94. The Bertz CT molecular complexity index is 671. The lowest BCUT2D eigenvalue weighted by atomic mass is 9.77. The Labute approximate surface area is 162 Å². The first-order chi connectivity index (χ1) is 13.4. The van der Waals surface area contributed by atoms with Crippen molar-refractivity contribution in [3.8, 4) is 0 Å². The van der Waals surface area contributed by atoms with Crippen molar-refractivity contribution in [2.75, 3.05) is 26.3 Å². The molecule has 152 valence electrons. The van der Waals surface area contributed by atoms with Crippen molar-refractivity contribution in [1.82, 2.24) is 25.5 Å². The molecule has 1 aliphatic rings. The van der Waals surface area contributed by atoms with Crippen LogP contribution in [0.5, 0.6) is 0 Å². The van der Waals surface area contributed by atoms with Gasteiger partial charge in [0, 0.05) is 25.5 Å². The summed E-state index contributed by atoms with van der Waals surface area (Å²) in [5.41, 5.74) is -0.00615. The number of aromatic nitrogens is 2. The molecule has 0 spiro atoms. The van der Waals surface area contributed by atoms with Gasteiger partial charge in [0.25, 0.3) is 5.91 Å². The fourth-order valence-electron chi connectivity index (χ4n) is 2.65. The van der Waals surface area contributed by atoms with Crippen LogP contribution in [0, 0.1) is 0 Å². The molecule has 12 heteroatoms. The van der Waals surface area contributed by atoms with Crippen LogP contribution in [-0.2, 0) is 14.3 Å². The smallest absolute Gasteiger partial charge is 0.426 e. The molecule has 0 radical (unpaired) electrons. The van der Waals surface area contributed by atoms with E-state index in [1.165, 1.54) is 18.6 Å². The van der Waals surface area contributed by atoms with Gasteiger partial charge in [-0.15, -0.1) is 0 Å². The Hall–Kier alpha value is -2.57. The van der Waals surface area contributed by atoms with Crippen molar-refractivity contribution >= 4 is 24.8 Å². The molecule has 28 heavy (non-hydrogen) atoms. The number of ether oxygens (including phenoxy) is 1. The van der Waals surface area contributed by atoms with E-state index in [1.807, 2.05) is 0 Å². The van der Waals surface area contributed by atoms with Gasteiger partial charge in [0.1, 0.15) is 11.7 Å². The average Bonchev–Trinajstić information content (AvgIpc) is 2.72. The van der Waals surface area contributed by atoms with Crippen LogP contribution >= 0.6 is 0 Å². The molecule has 11 nitrogen and oxygen atoms in total. The minimum absolute atomic E-state index is 0.00615. The number of hydrogen-bond acceptors (Lipinski definition) is 8. The van der Waals surface area contributed by atoms with Crippen LogP contribution in [-0.4, -0.2) is 88.0 Å². The number of nitrogens with zero attached hydrogens (tertiary/aromatic N) is 3. The Kier molecular flexibility index (Phi) is 8.29. The van der Waals surface area contributed by atoms with Gasteiger partial charge in [-0.05, 0) is 6.42 Å². The molecule has 1 aliphatic heterocycles. The second kappa shape index (κ2) is 10.7. The SMILES string of the molecule is CC[C@H](NC(=O)[C@@H](CC(=O)N1CCOCC1)NC(=O)c1cnccn1)B(O)O. The molecule has 3 amide bonds. The quantitative estimate of drug-likeness (QED) is 0.361. The Balaban J connectivity index is 2.10. The van der Waals surface area contributed by atoms with E-state index in [4.69, 9.17) is 4.74 Å². The molecular weight excluding hydrogens is 369 g/mol. The van der Waals surface area contributed by atoms with Crippen molar-refractivity contribution < 1.29 is 29.2 Å². The van der Waals surface area contributed by atoms with E-state index in [-0.39, 0.29) is 24.4 Å². The third-order valence-electron chi connectivity index (χ3n) is 4.29. The van der Waals surface area contributed by atoms with E-state index in [9.17, 15) is 24.4 Å². The Morgan fingerprint density at radius 3 is 2.54 bits per heavy atom. The molecule has 2 heterocycles. The maximum atomic E-state index is 12.6. The number of nitrogens with one attached hydrogen (secondary N) is 2. The number of morpholine rings is 1. The Morgan fingerprint density at radius 2 is 1.96 bits per heavy atom. The van der Waals surface area contributed by atoms with Crippen LogP contribution in [0.25, 0.3) is 0 Å². The third-order valence-corrected chi connectivity index (χ3v) is 4.29. The first-order valence-electron chi connectivity index (χ1n) is 9.01. The van der Waals surface area contributed by atoms with E-state index >= 15 is 0 Å². The highest BCUT2D eigenvalue weighted by Gasteiger charge is 2.31. The summed E-state index contributed by atoms with van der Waals surface area (Å²) in [7, 11) is -1.76. The van der Waals surface area contributed by atoms with Gasteiger partial charge < -0.3 is 30.3 Å². The number of carbonyl (C=O) groups excluding carboxylic acids is 3. The van der Waals surface area contributed by atoms with E-state index < -0.39 is 30.9 Å². The van der Waals surface area contributed by atoms with Crippen molar-refractivity contribution in [3.63, 3.8) is 0 Å². The fourth-order valence-corrected chi connectivity index (χ4v) is 2.65. The summed E-state index contributed by atoms with van der Waals surface area (Å²) in [5.74, 6) is -2.61. The molecule has 0 aliphatic carbocycles. The van der Waals surface area contributed by atoms with Crippen molar-refractivity contribution in [2.45, 2.75) is 31.7 Å². The van der Waals surface area contributed by atoms with Gasteiger partial charge in [-0.1, -0.05) is 6.92 Å². The number of amides is 3. The molecule has 1 fully saturated rings. The first kappa shape index (κ1) is 21.7. The lowest BCUT2D eigenvalue weighted by Gasteiger charge is -2.29. The summed E-state index contributed by atoms with van der Waals surface area (Å²) >= 11 is 0. The highest BCUT2D eigenvalue weighted by molar-refractivity contribution is 6.43. The molecule has 0 aromatic carbocycles. The molecule has 1 aromatic heterocycles. The van der Waals surface area contributed by atoms with Gasteiger partial charge in [-0.2, -0.15) is 0 Å². The monoisotopic (exact) mass is 393 g/mol. The molecular formula is C16H24BN5O6. The van der Waals surface area contributed by atoms with Gasteiger partial charge in [0.05, 0.1) is 31.8 Å². The molecule has 2 atom stereocenters. The predicted octanol–water partition coefficient (Wildman–Crippen LogP) is -2.27. The second-order valence-corrected chi connectivity index (χ2v) is 6.25. The lowest BCUT2D eigenvalue weighted by molar-refractivity contribution is -0.138. The number of hydrogen-bond donors (Lipinski definition) is 4. The molecule has 1 saturated heterocycles. The van der Waals surface area contributed by atoms with Crippen LogP contribution in [0.1, 0.15) is 30.3 Å². The highest BCUT2D eigenvalue weighted by atomic mass is 16.5. The number of carbonyl (C=O) groups is 3. The van der Waals surface area contributed by atoms with Crippen LogP contribution < -0.4 is 10.6 Å². The maximum absolute atomic E-state index is 12.6. The molecule has 1 aromatic rings. The maximum Gasteiger partial charge on any atom is 0.475 e. The highest BCUT2D eigenvalue weighted by Crippen LogP contribution is 2.06. The molecule has 0 bridgehead atoms. The van der Waals surface area contributed by atoms with E-state index in [0.717, 1.165) is 0 Å². The van der Waals surface area contributed by atoms with E-state index in [1.54, 1.807) is 11.8 Å². The summed E-state index contributed by atoms with van der Waals surface area (Å²) in [6.45, 7) is 3.28. The lowest BCUT2D eigenvalue weighted by Crippen LogP contribution is -2.55. The van der Waals surface area contributed by atoms with Crippen LogP contribution in [0.2, 0.25) is 0 Å². The van der Waals surface area contributed by atoms with E-state index in [0.29, 0.717) is 26.3 Å². The van der Waals surface area contributed by atoms with Gasteiger partial charge in [-0.3, -0.25) is 19.4 Å². The summed E-state index contributed by atoms with van der Waals surface area (Å²) < 4.78 is 5.20. The Morgan fingerprint density at radius 1 is 1.25 bits per heavy atom. The first-order valence-corrected chi connectivity index (χ1v) is 9.01. The summed E-state index contributed by atoms with van der Waals surface area (Å²) in [5, 5.41) is 23.6. The fraction of sp³-hybridized carbons (Fsp3) is 0.562. The van der Waals surface area contributed by atoms with Crippen LogP contribution in [0.3, 0.4) is 0 Å². The topological polar surface area (TPSA) is 154 Å². The minimum atomic E-state index is -1.76. The zero-order valence-electron chi connectivity index (χ0n) is 15.6. The minimum Gasteiger partial charge on any atom is -0.426 e. The molecule has 0 saturated carbocycles. The van der Waals surface area contributed by atoms with Gasteiger partial charge in [-0.25, -0.2) is 4.98 Å². The van der Waals surface area contributed by atoms with Crippen LogP contribution in [0.4, 0.5) is 0 Å². The third kappa shape index (κ3) is 6.25. The average molecular weight is 393 g/mol. The summed E-state index contributed by atoms with van der Waals surface area (Å²) in [6, 6.07) is -1.21. The normalized spacial score (nSPS) is 16.0. The van der Waals surface area contributed by atoms with Gasteiger partial charge >= 0.3 is 7.12 Å². The zero-order chi connectivity index (χ0) is 20.5. The van der Waals surface area contributed by atoms with E-state index in [2.05, 4.69) is 20.6 Å². The molecule has 0 unspecified atom stereocenters. The van der Waals surface area contributed by atoms with Crippen LogP contribution in [0.15, 0.2) is 18.6 Å². The molecule has 2 rings (SSSR count). The van der Waals surface area contributed by atoms with Crippen molar-refractivity contribution in [3.05, 3.63) is 24.3 Å². The van der Waals surface area contributed by atoms with Gasteiger partial charge in [0.15, 0.2) is 0 Å². The standard InChI is InChI=1S/C16H24BN5O6/c1-2-13(17(26)27)21-15(24)11(9-14(23)22-5-7-28-8-6-22)20-16(25)12-10-18-3-4-19-12/h3-4,10-11,13,26-27H,2,5-9H2,1H3,(H,20,25)(H,21,24)/t11-,13+/m1/s1. The van der Waals surface area contributed by atoms with Gasteiger partial charge in [0.2, 0.25) is 11.8 Å². The zero-order valence-corrected chi connectivity index (χ0v) is 15.6. The van der Waals surface area contributed by atoms with Crippen molar-refractivity contribution in [1.29, 1.82) is 0 Å². The molecule has 4 N–H and O–H groups in total. The number of rotatable bonds is 8.